The van der Waals surface area contributed by atoms with Crippen molar-refractivity contribution >= 4 is 11.0 Å². The van der Waals surface area contributed by atoms with Gasteiger partial charge in [0.05, 0.1) is 11.0 Å². The zero-order chi connectivity index (χ0) is 16.6. The molecule has 1 atom stereocenters. The number of para-hydroxylation sites is 2. The monoisotopic (exact) mass is 312 g/mol. The Labute approximate surface area is 136 Å². The maximum Gasteiger partial charge on any atom is 0.249 e. The fourth-order valence-corrected chi connectivity index (χ4v) is 2.83. The van der Waals surface area contributed by atoms with Gasteiger partial charge in [0.2, 0.25) is 5.89 Å². The van der Waals surface area contributed by atoms with Gasteiger partial charge >= 0.3 is 0 Å². The van der Waals surface area contributed by atoms with Crippen molar-refractivity contribution < 1.29 is 4.52 Å². The number of hydrogen-bond donors (Lipinski definition) is 0. The van der Waals surface area contributed by atoms with Gasteiger partial charge in [0, 0.05) is 11.8 Å². The van der Waals surface area contributed by atoms with Crippen LogP contribution in [-0.2, 0) is 11.8 Å². The van der Waals surface area contributed by atoms with Gasteiger partial charge in [-0.25, -0.2) is 4.98 Å². The molecule has 0 N–H and O–H groups in total. The predicted octanol–water partition coefficient (Wildman–Crippen LogP) is 4.28. The molecule has 1 aromatic carbocycles. The van der Waals surface area contributed by atoms with Crippen molar-refractivity contribution in [3.63, 3.8) is 0 Å². The standard InChI is InChI=1S/C18H24N4O/c1-6-13(16-20-17(21-23-16)18(3,4)5)22-14-11-9-8-10-12(14)19-15(22)7-2/h8-11,13H,6-7H2,1-5H3. The summed E-state index contributed by atoms with van der Waals surface area (Å²) in [4.78, 5) is 9.42. The molecule has 0 spiro atoms. The number of rotatable bonds is 4. The lowest BCUT2D eigenvalue weighted by molar-refractivity contribution is 0.325. The lowest BCUT2D eigenvalue weighted by atomic mass is 9.96. The van der Waals surface area contributed by atoms with E-state index in [4.69, 9.17) is 9.51 Å². The second-order valence-electron chi connectivity index (χ2n) is 6.87. The molecule has 0 bridgehead atoms. The molecule has 122 valence electrons. The lowest BCUT2D eigenvalue weighted by Gasteiger charge is -2.16. The fraction of sp³-hybridized carbons (Fsp3) is 0.500. The van der Waals surface area contributed by atoms with Crippen molar-refractivity contribution in [1.82, 2.24) is 19.7 Å². The highest BCUT2D eigenvalue weighted by atomic mass is 16.5. The molecule has 0 aliphatic carbocycles. The van der Waals surface area contributed by atoms with Gasteiger partial charge in [0.15, 0.2) is 5.82 Å². The summed E-state index contributed by atoms with van der Waals surface area (Å²) >= 11 is 0. The molecule has 0 saturated carbocycles. The van der Waals surface area contributed by atoms with Crippen LogP contribution >= 0.6 is 0 Å². The molecule has 0 amide bonds. The first kappa shape index (κ1) is 15.7. The highest BCUT2D eigenvalue weighted by Gasteiger charge is 2.27. The first-order chi connectivity index (χ1) is 11.0. The van der Waals surface area contributed by atoms with Gasteiger partial charge in [-0.2, -0.15) is 4.98 Å². The van der Waals surface area contributed by atoms with Crippen LogP contribution < -0.4 is 0 Å². The van der Waals surface area contributed by atoms with Crippen LogP contribution in [0.15, 0.2) is 28.8 Å². The maximum absolute atomic E-state index is 5.61. The molecule has 0 fully saturated rings. The maximum atomic E-state index is 5.61. The van der Waals surface area contributed by atoms with Crippen LogP contribution in [0.1, 0.15) is 64.6 Å². The van der Waals surface area contributed by atoms with Gasteiger partial charge in [-0.15, -0.1) is 0 Å². The third-order valence-corrected chi connectivity index (χ3v) is 4.08. The van der Waals surface area contributed by atoms with E-state index in [0.29, 0.717) is 5.89 Å². The third-order valence-electron chi connectivity index (χ3n) is 4.08. The van der Waals surface area contributed by atoms with E-state index in [0.717, 1.165) is 35.5 Å². The van der Waals surface area contributed by atoms with E-state index >= 15 is 0 Å². The van der Waals surface area contributed by atoms with Crippen molar-refractivity contribution in [2.45, 2.75) is 58.9 Å². The molecule has 0 saturated heterocycles. The number of fused-ring (bicyclic) bond motifs is 1. The van der Waals surface area contributed by atoms with Crippen LogP contribution in [0.3, 0.4) is 0 Å². The molecule has 0 aliphatic rings. The van der Waals surface area contributed by atoms with E-state index in [2.05, 4.69) is 55.4 Å². The number of imidazole rings is 1. The highest BCUT2D eigenvalue weighted by molar-refractivity contribution is 5.76. The molecule has 2 aromatic heterocycles. The largest absolute Gasteiger partial charge is 0.337 e. The quantitative estimate of drug-likeness (QED) is 0.721. The van der Waals surface area contributed by atoms with E-state index in [1.54, 1.807) is 0 Å². The number of aromatic nitrogens is 4. The van der Waals surface area contributed by atoms with E-state index in [-0.39, 0.29) is 11.5 Å². The number of hydrogen-bond acceptors (Lipinski definition) is 4. The molecular weight excluding hydrogens is 288 g/mol. The molecule has 1 unspecified atom stereocenters. The Balaban J connectivity index is 2.13. The van der Waals surface area contributed by atoms with Crippen LogP contribution in [0.2, 0.25) is 0 Å². The summed E-state index contributed by atoms with van der Waals surface area (Å²) in [6.45, 7) is 10.5. The first-order valence-corrected chi connectivity index (χ1v) is 8.25. The van der Waals surface area contributed by atoms with Gasteiger partial charge < -0.3 is 9.09 Å². The summed E-state index contributed by atoms with van der Waals surface area (Å²) in [6, 6.07) is 8.23. The number of benzene rings is 1. The molecule has 5 nitrogen and oxygen atoms in total. The van der Waals surface area contributed by atoms with Crippen LogP contribution in [0, 0.1) is 0 Å². The minimum atomic E-state index is -0.120. The summed E-state index contributed by atoms with van der Waals surface area (Å²) in [5, 5.41) is 4.18. The molecule has 3 rings (SSSR count). The Kier molecular flexibility index (Phi) is 3.96. The SMILES string of the molecule is CCc1nc2ccccc2n1C(CC)c1nc(C(C)(C)C)no1. The van der Waals surface area contributed by atoms with Crippen molar-refractivity contribution in [3.8, 4) is 0 Å². The average Bonchev–Trinajstić information content (AvgIpc) is 3.13. The van der Waals surface area contributed by atoms with Crippen molar-refractivity contribution in [2.75, 3.05) is 0 Å². The molecule has 23 heavy (non-hydrogen) atoms. The zero-order valence-electron chi connectivity index (χ0n) is 14.5. The van der Waals surface area contributed by atoms with Crippen LogP contribution in [0.4, 0.5) is 0 Å². The van der Waals surface area contributed by atoms with Gasteiger partial charge in [-0.1, -0.05) is 51.9 Å². The molecule has 2 heterocycles. The summed E-state index contributed by atoms with van der Waals surface area (Å²) < 4.78 is 7.85. The molecule has 0 aliphatic heterocycles. The van der Waals surface area contributed by atoms with Crippen LogP contribution in [0.5, 0.6) is 0 Å². The third kappa shape index (κ3) is 2.76. The van der Waals surface area contributed by atoms with Crippen molar-refractivity contribution in [2.24, 2.45) is 0 Å². The zero-order valence-corrected chi connectivity index (χ0v) is 14.5. The van der Waals surface area contributed by atoms with Crippen LogP contribution in [-0.4, -0.2) is 19.7 Å². The molecule has 5 heteroatoms. The number of aryl methyl sites for hydroxylation is 1. The Bertz CT molecular complexity index is 810. The molecule has 0 radical (unpaired) electrons. The summed E-state index contributed by atoms with van der Waals surface area (Å²) in [7, 11) is 0. The highest BCUT2D eigenvalue weighted by Crippen LogP contribution is 2.29. The minimum Gasteiger partial charge on any atom is -0.337 e. The smallest absolute Gasteiger partial charge is 0.249 e. The number of nitrogens with zero attached hydrogens (tertiary/aromatic N) is 4. The van der Waals surface area contributed by atoms with Gasteiger partial charge in [-0.05, 0) is 18.6 Å². The Morgan fingerprint density at radius 2 is 1.87 bits per heavy atom. The van der Waals surface area contributed by atoms with E-state index in [1.807, 2.05) is 18.2 Å². The van der Waals surface area contributed by atoms with Crippen LogP contribution in [0.25, 0.3) is 11.0 Å². The topological polar surface area (TPSA) is 56.7 Å². The van der Waals surface area contributed by atoms with Gasteiger partial charge in [-0.3, -0.25) is 0 Å². The normalized spacial score (nSPS) is 13.6. The van der Waals surface area contributed by atoms with E-state index in [9.17, 15) is 0 Å². The second kappa shape index (κ2) is 5.80. The van der Waals surface area contributed by atoms with E-state index in [1.165, 1.54) is 0 Å². The average molecular weight is 312 g/mol. The molecular formula is C18H24N4O. The van der Waals surface area contributed by atoms with Crippen molar-refractivity contribution in [3.05, 3.63) is 41.8 Å². The lowest BCUT2D eigenvalue weighted by Crippen LogP contribution is -2.16. The van der Waals surface area contributed by atoms with Gasteiger partial charge in [0.25, 0.3) is 0 Å². The Morgan fingerprint density at radius 1 is 1.13 bits per heavy atom. The fourth-order valence-electron chi connectivity index (χ4n) is 2.83. The first-order valence-electron chi connectivity index (χ1n) is 8.25. The predicted molar refractivity (Wildman–Crippen MR) is 90.5 cm³/mol. The Hall–Kier alpha value is -2.17. The summed E-state index contributed by atoms with van der Waals surface area (Å²) in [6.07, 6.45) is 1.74. The summed E-state index contributed by atoms with van der Waals surface area (Å²) in [5.41, 5.74) is 2.01. The van der Waals surface area contributed by atoms with Crippen molar-refractivity contribution in [1.29, 1.82) is 0 Å². The molecule has 3 aromatic rings. The minimum absolute atomic E-state index is 0.0148. The van der Waals surface area contributed by atoms with Gasteiger partial charge in [0.1, 0.15) is 11.9 Å². The van der Waals surface area contributed by atoms with E-state index < -0.39 is 0 Å². The summed E-state index contributed by atoms with van der Waals surface area (Å²) in [5.74, 6) is 2.46. The second-order valence-corrected chi connectivity index (χ2v) is 6.87. The Morgan fingerprint density at radius 3 is 2.48 bits per heavy atom.